The number of amides is 2. The van der Waals surface area contributed by atoms with E-state index in [1.807, 2.05) is 29.2 Å². The van der Waals surface area contributed by atoms with Gasteiger partial charge in [-0.05, 0) is 76.4 Å². The first kappa shape index (κ1) is 26.1. The minimum atomic E-state index is -0.313. The Balaban J connectivity index is 1.26. The number of anilines is 1. The van der Waals surface area contributed by atoms with Gasteiger partial charge in [-0.3, -0.25) is 14.5 Å². The Kier molecular flexibility index (Phi) is 8.97. The maximum Gasteiger partial charge on any atom is 0.251 e. The number of nitrogens with one attached hydrogen (secondary N) is 1. The number of rotatable bonds is 8. The van der Waals surface area contributed by atoms with Gasteiger partial charge >= 0.3 is 0 Å². The molecule has 0 spiro atoms. The van der Waals surface area contributed by atoms with Crippen LogP contribution in [-0.4, -0.2) is 66.9 Å². The topological polar surface area (TPSA) is 55.9 Å². The quantitative estimate of drug-likeness (QED) is 0.594. The number of piperidine rings is 2. The van der Waals surface area contributed by atoms with Gasteiger partial charge in [0.05, 0.1) is 5.92 Å². The highest BCUT2D eigenvalue weighted by molar-refractivity contribution is 5.94. The standard InChI is InChI=1S/C29H39FN4O2/c1-3-32(4-2)29(36)24-9-7-17-34(21-24)26-15-18-33(19-16-26)25-13-11-22(12-14-25)28(35)31-20-23-8-5-6-10-27(23)30/h5-6,8,10-14,24,26H,3-4,7,9,15-21H2,1-2H3,(H,31,35)/t24-/m1/s1. The Hall–Kier alpha value is -2.93. The molecule has 2 fully saturated rings. The van der Waals surface area contributed by atoms with Crippen LogP contribution in [0.5, 0.6) is 0 Å². The molecule has 4 rings (SSSR count). The molecule has 2 aromatic rings. The lowest BCUT2D eigenvalue weighted by Gasteiger charge is -2.43. The maximum atomic E-state index is 13.8. The van der Waals surface area contributed by atoms with Crippen molar-refractivity contribution in [3.8, 4) is 0 Å². The third-order valence-electron chi connectivity index (χ3n) is 7.75. The number of likely N-dealkylation sites (tertiary alicyclic amines) is 1. The van der Waals surface area contributed by atoms with Crippen molar-refractivity contribution in [1.29, 1.82) is 0 Å². The van der Waals surface area contributed by atoms with E-state index < -0.39 is 0 Å². The normalized spacial score (nSPS) is 19.2. The largest absolute Gasteiger partial charge is 0.371 e. The van der Waals surface area contributed by atoms with Crippen LogP contribution in [0, 0.1) is 11.7 Å². The van der Waals surface area contributed by atoms with Crippen molar-refractivity contribution in [2.24, 2.45) is 5.92 Å². The average Bonchev–Trinajstić information content (AvgIpc) is 2.93. The smallest absolute Gasteiger partial charge is 0.251 e. The van der Waals surface area contributed by atoms with Crippen molar-refractivity contribution in [3.63, 3.8) is 0 Å². The zero-order valence-electron chi connectivity index (χ0n) is 21.6. The van der Waals surface area contributed by atoms with Gasteiger partial charge in [0.25, 0.3) is 5.91 Å². The third-order valence-corrected chi connectivity index (χ3v) is 7.75. The zero-order valence-corrected chi connectivity index (χ0v) is 21.6. The summed E-state index contributed by atoms with van der Waals surface area (Å²) in [6.45, 7) is 9.76. The van der Waals surface area contributed by atoms with Crippen LogP contribution in [0.1, 0.15) is 55.5 Å². The fourth-order valence-electron chi connectivity index (χ4n) is 5.57. The Morgan fingerprint density at radius 1 is 0.972 bits per heavy atom. The van der Waals surface area contributed by atoms with Crippen LogP contribution in [0.2, 0.25) is 0 Å². The molecule has 0 aliphatic carbocycles. The summed E-state index contributed by atoms with van der Waals surface area (Å²) in [4.78, 5) is 32.3. The van der Waals surface area contributed by atoms with Crippen molar-refractivity contribution in [3.05, 3.63) is 65.5 Å². The summed E-state index contributed by atoms with van der Waals surface area (Å²) >= 11 is 0. The summed E-state index contributed by atoms with van der Waals surface area (Å²) in [6.07, 6.45) is 4.26. The van der Waals surface area contributed by atoms with E-state index in [9.17, 15) is 14.0 Å². The van der Waals surface area contributed by atoms with Crippen LogP contribution in [0.4, 0.5) is 10.1 Å². The minimum Gasteiger partial charge on any atom is -0.371 e. The van der Waals surface area contributed by atoms with Crippen LogP contribution in [0.3, 0.4) is 0 Å². The van der Waals surface area contributed by atoms with Gasteiger partial charge in [-0.25, -0.2) is 4.39 Å². The molecule has 194 valence electrons. The van der Waals surface area contributed by atoms with Gasteiger partial charge < -0.3 is 15.1 Å². The van der Waals surface area contributed by atoms with Crippen LogP contribution in [0.25, 0.3) is 0 Å². The Morgan fingerprint density at radius 2 is 1.67 bits per heavy atom. The molecule has 1 N–H and O–H groups in total. The van der Waals surface area contributed by atoms with E-state index >= 15 is 0 Å². The first-order valence-corrected chi connectivity index (χ1v) is 13.4. The predicted molar refractivity (Wildman–Crippen MR) is 141 cm³/mol. The molecule has 36 heavy (non-hydrogen) atoms. The summed E-state index contributed by atoms with van der Waals surface area (Å²) in [5.41, 5.74) is 2.16. The van der Waals surface area contributed by atoms with E-state index in [0.717, 1.165) is 70.6 Å². The lowest BCUT2D eigenvalue weighted by molar-refractivity contribution is -0.137. The number of hydrogen-bond donors (Lipinski definition) is 1. The number of hydrogen-bond acceptors (Lipinski definition) is 4. The van der Waals surface area contributed by atoms with Gasteiger partial charge in [0, 0.05) is 62.1 Å². The van der Waals surface area contributed by atoms with Crippen molar-refractivity contribution < 1.29 is 14.0 Å². The van der Waals surface area contributed by atoms with Gasteiger partial charge in [-0.2, -0.15) is 0 Å². The van der Waals surface area contributed by atoms with E-state index in [-0.39, 0.29) is 24.2 Å². The summed E-state index contributed by atoms with van der Waals surface area (Å²) < 4.78 is 13.8. The predicted octanol–water partition coefficient (Wildman–Crippen LogP) is 4.30. The Labute approximate surface area is 214 Å². The highest BCUT2D eigenvalue weighted by atomic mass is 19.1. The third kappa shape index (κ3) is 6.25. The molecule has 2 amide bonds. The number of carbonyl (C=O) groups is 2. The van der Waals surface area contributed by atoms with Gasteiger partial charge in [0.15, 0.2) is 0 Å². The molecule has 0 unspecified atom stereocenters. The molecule has 0 bridgehead atoms. The highest BCUT2D eigenvalue weighted by Crippen LogP contribution is 2.27. The lowest BCUT2D eigenvalue weighted by Crippen LogP contribution is -2.51. The first-order valence-electron chi connectivity index (χ1n) is 13.4. The summed E-state index contributed by atoms with van der Waals surface area (Å²) in [5.74, 6) is -0.0662. The molecular formula is C29H39FN4O2. The summed E-state index contributed by atoms with van der Waals surface area (Å²) in [6, 6.07) is 14.7. The van der Waals surface area contributed by atoms with E-state index in [4.69, 9.17) is 0 Å². The summed E-state index contributed by atoms with van der Waals surface area (Å²) in [5, 5.41) is 2.80. The van der Waals surface area contributed by atoms with E-state index in [1.165, 1.54) is 6.07 Å². The molecule has 2 heterocycles. The SMILES string of the molecule is CCN(CC)C(=O)[C@@H]1CCCN(C2CCN(c3ccc(C(=O)NCc4ccccc4F)cc3)CC2)C1. The maximum absolute atomic E-state index is 13.8. The molecule has 2 saturated heterocycles. The van der Waals surface area contributed by atoms with E-state index in [0.29, 0.717) is 23.1 Å². The Bertz CT molecular complexity index is 1020. The number of benzene rings is 2. The van der Waals surface area contributed by atoms with Gasteiger partial charge in [-0.15, -0.1) is 0 Å². The molecule has 2 aliphatic heterocycles. The molecular weight excluding hydrogens is 455 g/mol. The molecule has 0 aromatic heterocycles. The van der Waals surface area contributed by atoms with Crippen LogP contribution in [0.15, 0.2) is 48.5 Å². The second-order valence-corrected chi connectivity index (χ2v) is 9.88. The van der Waals surface area contributed by atoms with Crippen molar-refractivity contribution in [1.82, 2.24) is 15.1 Å². The Morgan fingerprint density at radius 3 is 2.33 bits per heavy atom. The molecule has 6 nitrogen and oxygen atoms in total. The van der Waals surface area contributed by atoms with Crippen LogP contribution in [-0.2, 0) is 11.3 Å². The van der Waals surface area contributed by atoms with Gasteiger partial charge in [0.1, 0.15) is 5.82 Å². The number of nitrogens with zero attached hydrogens (tertiary/aromatic N) is 3. The first-order chi connectivity index (χ1) is 17.5. The minimum absolute atomic E-state index is 0.133. The second-order valence-electron chi connectivity index (χ2n) is 9.88. The zero-order chi connectivity index (χ0) is 25.5. The fourth-order valence-corrected chi connectivity index (χ4v) is 5.57. The van der Waals surface area contributed by atoms with Gasteiger partial charge in [0.2, 0.25) is 5.91 Å². The van der Waals surface area contributed by atoms with E-state index in [1.54, 1.807) is 18.2 Å². The average molecular weight is 495 g/mol. The summed E-state index contributed by atoms with van der Waals surface area (Å²) in [7, 11) is 0. The van der Waals surface area contributed by atoms with Crippen LogP contribution >= 0.6 is 0 Å². The monoisotopic (exact) mass is 494 g/mol. The fraction of sp³-hybridized carbons (Fsp3) is 0.517. The molecule has 0 saturated carbocycles. The van der Waals surface area contributed by atoms with Crippen molar-refractivity contribution in [2.45, 2.75) is 52.1 Å². The highest BCUT2D eigenvalue weighted by Gasteiger charge is 2.33. The molecule has 1 atom stereocenters. The van der Waals surface area contributed by atoms with Crippen molar-refractivity contribution >= 4 is 17.5 Å². The molecule has 2 aliphatic rings. The van der Waals surface area contributed by atoms with E-state index in [2.05, 4.69) is 29.0 Å². The number of carbonyl (C=O) groups excluding carboxylic acids is 2. The molecule has 2 aromatic carbocycles. The molecule has 7 heteroatoms. The molecule has 0 radical (unpaired) electrons. The second kappa shape index (κ2) is 12.3. The van der Waals surface area contributed by atoms with Crippen LogP contribution < -0.4 is 10.2 Å². The van der Waals surface area contributed by atoms with Crippen molar-refractivity contribution in [2.75, 3.05) is 44.2 Å². The lowest BCUT2D eigenvalue weighted by atomic mass is 9.92. The number of halogens is 1. The van der Waals surface area contributed by atoms with Gasteiger partial charge in [-0.1, -0.05) is 18.2 Å².